The molecule has 0 amide bonds. The first-order valence-corrected chi connectivity index (χ1v) is 6.72. The van der Waals surface area contributed by atoms with E-state index in [1.807, 2.05) is 6.07 Å². The third-order valence-electron chi connectivity index (χ3n) is 3.79. The third-order valence-corrected chi connectivity index (χ3v) is 3.79. The first-order valence-electron chi connectivity index (χ1n) is 6.72. The lowest BCUT2D eigenvalue weighted by Crippen LogP contribution is -2.19. The number of aryl methyl sites for hydroxylation is 1. The first-order chi connectivity index (χ1) is 9.33. The Kier molecular flexibility index (Phi) is 2.24. The second-order valence-corrected chi connectivity index (χ2v) is 5.17. The van der Waals surface area contributed by atoms with E-state index in [0.717, 1.165) is 41.0 Å². The Morgan fingerprint density at radius 3 is 2.84 bits per heavy atom. The van der Waals surface area contributed by atoms with Gasteiger partial charge in [-0.3, -0.25) is 0 Å². The molecular weight excluding hydrogens is 238 g/mol. The number of hydrogen-bond donors (Lipinski definition) is 0. The minimum atomic E-state index is 0.824. The number of anilines is 1. The molecule has 4 nitrogen and oxygen atoms in total. The minimum absolute atomic E-state index is 0.824. The van der Waals surface area contributed by atoms with E-state index < -0.39 is 0 Å². The van der Waals surface area contributed by atoms with E-state index >= 15 is 0 Å². The van der Waals surface area contributed by atoms with Crippen LogP contribution in [0.4, 0.5) is 5.82 Å². The van der Waals surface area contributed by atoms with Gasteiger partial charge in [0.05, 0.1) is 0 Å². The highest BCUT2D eigenvalue weighted by Crippen LogP contribution is 2.33. The van der Waals surface area contributed by atoms with Crippen molar-refractivity contribution in [3.63, 3.8) is 0 Å². The molecule has 0 unspecified atom stereocenters. The molecule has 19 heavy (non-hydrogen) atoms. The zero-order valence-electron chi connectivity index (χ0n) is 10.9. The van der Waals surface area contributed by atoms with Crippen LogP contribution in [0.25, 0.3) is 22.1 Å². The predicted octanol–water partition coefficient (Wildman–Crippen LogP) is 3.28. The Balaban J connectivity index is 2.02. The fraction of sp³-hybridized carbons (Fsp3) is 0.333. The van der Waals surface area contributed by atoms with Gasteiger partial charge in [-0.1, -0.05) is 11.6 Å². The van der Waals surface area contributed by atoms with Crippen LogP contribution in [0, 0.1) is 6.92 Å². The van der Waals surface area contributed by atoms with E-state index in [0.29, 0.717) is 0 Å². The number of benzene rings is 1. The Morgan fingerprint density at radius 1 is 1.16 bits per heavy atom. The Labute approximate surface area is 111 Å². The molecule has 0 N–H and O–H groups in total. The van der Waals surface area contributed by atoms with E-state index in [1.54, 1.807) is 6.33 Å². The summed E-state index contributed by atoms with van der Waals surface area (Å²) >= 11 is 0. The lowest BCUT2D eigenvalue weighted by molar-refractivity contribution is 0.663. The molecule has 96 valence electrons. The molecule has 0 bridgehead atoms. The summed E-state index contributed by atoms with van der Waals surface area (Å²) in [6.07, 6.45) is 4.10. The zero-order valence-corrected chi connectivity index (χ0v) is 10.9. The molecule has 1 aliphatic heterocycles. The topological polar surface area (TPSA) is 42.2 Å². The van der Waals surface area contributed by atoms with Gasteiger partial charge in [0.2, 0.25) is 0 Å². The highest BCUT2D eigenvalue weighted by Gasteiger charge is 2.20. The molecule has 4 heteroatoms. The van der Waals surface area contributed by atoms with E-state index in [-0.39, 0.29) is 0 Å². The fourth-order valence-electron chi connectivity index (χ4n) is 2.83. The number of fused-ring (bicyclic) bond motifs is 3. The van der Waals surface area contributed by atoms with Gasteiger partial charge in [-0.05, 0) is 31.9 Å². The maximum Gasteiger partial charge on any atom is 0.196 e. The lowest BCUT2D eigenvalue weighted by Gasteiger charge is -2.15. The smallest absolute Gasteiger partial charge is 0.196 e. The van der Waals surface area contributed by atoms with E-state index in [1.165, 1.54) is 18.4 Å². The summed E-state index contributed by atoms with van der Waals surface area (Å²) in [5.41, 5.74) is 3.86. The number of nitrogens with zero attached hydrogens (tertiary/aromatic N) is 3. The molecule has 3 heterocycles. The van der Waals surface area contributed by atoms with Crippen LogP contribution in [-0.4, -0.2) is 23.1 Å². The Morgan fingerprint density at radius 2 is 2.00 bits per heavy atom. The Bertz CT molecular complexity index is 757. The molecule has 1 aliphatic rings. The van der Waals surface area contributed by atoms with Gasteiger partial charge >= 0.3 is 0 Å². The molecule has 1 fully saturated rings. The predicted molar refractivity (Wildman–Crippen MR) is 75.5 cm³/mol. The van der Waals surface area contributed by atoms with Crippen LogP contribution in [0.2, 0.25) is 0 Å². The highest BCUT2D eigenvalue weighted by molar-refractivity contribution is 6.05. The number of aromatic nitrogens is 2. The van der Waals surface area contributed by atoms with Crippen molar-refractivity contribution in [1.82, 2.24) is 9.97 Å². The lowest BCUT2D eigenvalue weighted by atomic mass is 10.2. The third kappa shape index (κ3) is 1.59. The van der Waals surface area contributed by atoms with Gasteiger partial charge in [-0.25, -0.2) is 9.97 Å². The molecule has 1 aromatic carbocycles. The van der Waals surface area contributed by atoms with Crippen molar-refractivity contribution >= 4 is 27.9 Å². The summed E-state index contributed by atoms with van der Waals surface area (Å²) < 4.78 is 5.98. The normalized spacial score (nSPS) is 15.7. The van der Waals surface area contributed by atoms with Crippen molar-refractivity contribution in [3.05, 3.63) is 30.1 Å². The first kappa shape index (κ1) is 10.8. The summed E-state index contributed by atoms with van der Waals surface area (Å²) in [6, 6.07) is 6.20. The molecule has 0 radical (unpaired) electrons. The van der Waals surface area contributed by atoms with Crippen LogP contribution in [0.15, 0.2) is 28.9 Å². The van der Waals surface area contributed by atoms with Gasteiger partial charge in [0.25, 0.3) is 0 Å². The maximum absolute atomic E-state index is 5.98. The van der Waals surface area contributed by atoms with Gasteiger partial charge < -0.3 is 9.32 Å². The minimum Gasteiger partial charge on any atom is -0.450 e. The number of furan rings is 1. The second-order valence-electron chi connectivity index (χ2n) is 5.17. The van der Waals surface area contributed by atoms with E-state index in [9.17, 15) is 0 Å². The standard InChI is InChI=1S/C15H15N3O/c1-10-4-5-12-11(8-10)13-14(19-12)15(17-9-16-13)18-6-2-3-7-18/h4-5,8-9H,2-3,6-7H2,1H3. The number of rotatable bonds is 1. The molecule has 0 atom stereocenters. The monoisotopic (exact) mass is 253 g/mol. The molecular formula is C15H15N3O. The fourth-order valence-corrected chi connectivity index (χ4v) is 2.83. The zero-order chi connectivity index (χ0) is 12.8. The van der Waals surface area contributed by atoms with E-state index in [2.05, 4.69) is 33.9 Å². The second kappa shape index (κ2) is 3.95. The van der Waals surface area contributed by atoms with Gasteiger partial charge in [0.1, 0.15) is 17.4 Å². The van der Waals surface area contributed by atoms with Crippen molar-refractivity contribution in [1.29, 1.82) is 0 Å². The van der Waals surface area contributed by atoms with Crippen molar-refractivity contribution in [2.45, 2.75) is 19.8 Å². The van der Waals surface area contributed by atoms with Crippen LogP contribution >= 0.6 is 0 Å². The largest absolute Gasteiger partial charge is 0.450 e. The summed E-state index contributed by atoms with van der Waals surface area (Å²) in [5, 5.41) is 1.08. The van der Waals surface area contributed by atoms with Crippen LogP contribution < -0.4 is 4.90 Å². The van der Waals surface area contributed by atoms with Gasteiger partial charge in [-0.15, -0.1) is 0 Å². The van der Waals surface area contributed by atoms with Crippen molar-refractivity contribution in [2.75, 3.05) is 18.0 Å². The number of hydrogen-bond acceptors (Lipinski definition) is 4. The van der Waals surface area contributed by atoms with Crippen molar-refractivity contribution < 1.29 is 4.42 Å². The SMILES string of the molecule is Cc1ccc2oc3c(N4CCCC4)ncnc3c2c1. The Hall–Kier alpha value is -2.10. The van der Waals surface area contributed by atoms with Gasteiger partial charge in [0, 0.05) is 18.5 Å². The molecule has 0 aliphatic carbocycles. The summed E-state index contributed by atoms with van der Waals surface area (Å²) in [6.45, 7) is 4.20. The van der Waals surface area contributed by atoms with Crippen molar-refractivity contribution in [2.24, 2.45) is 0 Å². The molecule has 3 aromatic rings. The van der Waals surface area contributed by atoms with E-state index in [4.69, 9.17) is 4.42 Å². The quantitative estimate of drug-likeness (QED) is 0.667. The summed E-state index contributed by atoms with van der Waals surface area (Å²) in [7, 11) is 0. The van der Waals surface area contributed by atoms with Crippen LogP contribution in [0.1, 0.15) is 18.4 Å². The molecule has 0 spiro atoms. The van der Waals surface area contributed by atoms with Crippen LogP contribution in [0.3, 0.4) is 0 Å². The molecule has 1 saturated heterocycles. The average Bonchev–Trinajstić information content (AvgIpc) is 3.05. The van der Waals surface area contributed by atoms with Gasteiger partial charge in [0.15, 0.2) is 11.4 Å². The highest BCUT2D eigenvalue weighted by atomic mass is 16.3. The van der Waals surface area contributed by atoms with Crippen LogP contribution in [-0.2, 0) is 0 Å². The molecule has 0 saturated carbocycles. The molecule has 4 rings (SSSR count). The maximum atomic E-state index is 5.98. The van der Waals surface area contributed by atoms with Crippen LogP contribution in [0.5, 0.6) is 0 Å². The molecule has 2 aromatic heterocycles. The van der Waals surface area contributed by atoms with Crippen molar-refractivity contribution in [3.8, 4) is 0 Å². The van der Waals surface area contributed by atoms with Gasteiger partial charge in [-0.2, -0.15) is 0 Å². The average molecular weight is 253 g/mol. The summed E-state index contributed by atoms with van der Waals surface area (Å²) in [4.78, 5) is 11.1. The summed E-state index contributed by atoms with van der Waals surface area (Å²) in [5.74, 6) is 0.941.